The maximum Gasteiger partial charge on any atom is 0.124 e. The molecule has 0 aliphatic heterocycles. The summed E-state index contributed by atoms with van der Waals surface area (Å²) < 4.78 is 0. The Morgan fingerprint density at radius 1 is 1.12 bits per heavy atom. The Morgan fingerprint density at radius 3 is 2.41 bits per heavy atom. The molecule has 0 saturated carbocycles. The molecule has 0 aliphatic carbocycles. The van der Waals surface area contributed by atoms with E-state index < -0.39 is 0 Å². The van der Waals surface area contributed by atoms with Crippen LogP contribution < -0.4 is 0 Å². The van der Waals surface area contributed by atoms with E-state index in [9.17, 15) is 5.11 Å². The van der Waals surface area contributed by atoms with Crippen LogP contribution in [0, 0.1) is 19.9 Å². The van der Waals surface area contributed by atoms with Crippen LogP contribution in [0.5, 0.6) is 5.75 Å². The molecule has 0 heterocycles. The number of aryl methyl sites for hydroxylation is 2. The molecule has 2 aromatic rings. The summed E-state index contributed by atoms with van der Waals surface area (Å²) in [5, 5.41) is 9.63. The topological polar surface area (TPSA) is 32.6 Å². The summed E-state index contributed by atoms with van der Waals surface area (Å²) in [6.45, 7) is 4.00. The molecule has 0 spiro atoms. The van der Waals surface area contributed by atoms with Gasteiger partial charge in [-0.05, 0) is 55.3 Å². The Kier molecular flexibility index (Phi) is 3.24. The van der Waals surface area contributed by atoms with Crippen molar-refractivity contribution in [1.29, 1.82) is 0 Å². The van der Waals surface area contributed by atoms with Crippen LogP contribution in [0.15, 0.2) is 41.4 Å². The number of phenolic OH excluding ortho intramolecular Hbond substituents is 1. The van der Waals surface area contributed by atoms with Crippen LogP contribution in [0.25, 0.3) is 0 Å². The van der Waals surface area contributed by atoms with Gasteiger partial charge in [-0.2, -0.15) is 0 Å². The third kappa shape index (κ3) is 2.53. The molecule has 0 aliphatic rings. The molecule has 2 heteroatoms. The van der Waals surface area contributed by atoms with E-state index in [0.717, 1.165) is 22.4 Å². The van der Waals surface area contributed by atoms with Gasteiger partial charge in [0.2, 0.25) is 0 Å². The highest BCUT2D eigenvalue weighted by Crippen LogP contribution is 2.23. The maximum atomic E-state index is 9.63. The zero-order valence-corrected chi connectivity index (χ0v) is 9.94. The molecule has 0 saturated heterocycles. The average Bonchev–Trinajstić information content (AvgIpc) is 2.30. The number of aliphatic imine (C=N–C) groups is 1. The van der Waals surface area contributed by atoms with Crippen molar-refractivity contribution in [1.82, 2.24) is 0 Å². The highest BCUT2D eigenvalue weighted by molar-refractivity contribution is 5.85. The van der Waals surface area contributed by atoms with Crippen LogP contribution in [0.1, 0.15) is 16.7 Å². The second-order valence-electron chi connectivity index (χ2n) is 3.99. The van der Waals surface area contributed by atoms with Crippen LogP contribution in [0.3, 0.4) is 0 Å². The van der Waals surface area contributed by atoms with Gasteiger partial charge >= 0.3 is 0 Å². The van der Waals surface area contributed by atoms with E-state index in [1.54, 1.807) is 18.3 Å². The summed E-state index contributed by atoms with van der Waals surface area (Å²) >= 11 is 0. The molecule has 2 aromatic carbocycles. The zero-order valence-electron chi connectivity index (χ0n) is 9.94. The Labute approximate surface area is 101 Å². The van der Waals surface area contributed by atoms with Gasteiger partial charge in [0, 0.05) is 11.8 Å². The minimum Gasteiger partial charge on any atom is -0.507 e. The molecule has 1 radical (unpaired) electrons. The van der Waals surface area contributed by atoms with Crippen LogP contribution >= 0.6 is 0 Å². The van der Waals surface area contributed by atoms with Crippen molar-refractivity contribution in [3.63, 3.8) is 0 Å². The number of benzene rings is 2. The number of nitrogens with zero attached hydrogens (tertiary/aromatic N) is 1. The first-order valence-corrected chi connectivity index (χ1v) is 5.48. The van der Waals surface area contributed by atoms with E-state index >= 15 is 0 Å². The predicted molar refractivity (Wildman–Crippen MR) is 70.1 cm³/mol. The number of hydrogen-bond donors (Lipinski definition) is 1. The first kappa shape index (κ1) is 11.4. The molecule has 0 unspecified atom stereocenters. The van der Waals surface area contributed by atoms with Crippen molar-refractivity contribution in [2.45, 2.75) is 13.8 Å². The normalized spacial score (nSPS) is 10.9. The van der Waals surface area contributed by atoms with Crippen molar-refractivity contribution in [2.75, 3.05) is 0 Å². The van der Waals surface area contributed by atoms with Crippen LogP contribution in [-0.2, 0) is 0 Å². The lowest BCUT2D eigenvalue weighted by Crippen LogP contribution is -1.84. The zero-order chi connectivity index (χ0) is 12.3. The molecule has 0 bridgehead atoms. The Bertz CT molecular complexity index is 538. The van der Waals surface area contributed by atoms with Gasteiger partial charge in [0.05, 0.1) is 5.69 Å². The highest BCUT2D eigenvalue weighted by Gasteiger charge is 2.00. The Hall–Kier alpha value is -2.09. The van der Waals surface area contributed by atoms with Gasteiger partial charge in [0.1, 0.15) is 5.75 Å². The van der Waals surface area contributed by atoms with Crippen molar-refractivity contribution < 1.29 is 5.11 Å². The molecular formula is C15H14NO. The Morgan fingerprint density at radius 2 is 1.76 bits per heavy atom. The van der Waals surface area contributed by atoms with Gasteiger partial charge in [-0.25, -0.2) is 0 Å². The minimum absolute atomic E-state index is 0.244. The Balaban J connectivity index is 2.36. The molecule has 1 N–H and O–H groups in total. The van der Waals surface area contributed by atoms with E-state index in [-0.39, 0.29) is 5.75 Å². The summed E-state index contributed by atoms with van der Waals surface area (Å²) in [6, 6.07) is 14.0. The van der Waals surface area contributed by atoms with Gasteiger partial charge in [-0.1, -0.05) is 12.1 Å². The number of rotatable bonds is 2. The summed E-state index contributed by atoms with van der Waals surface area (Å²) in [7, 11) is 0. The maximum absolute atomic E-state index is 9.63. The van der Waals surface area contributed by atoms with Crippen LogP contribution in [0.4, 0.5) is 5.69 Å². The van der Waals surface area contributed by atoms with Gasteiger partial charge in [0.15, 0.2) is 0 Å². The smallest absolute Gasteiger partial charge is 0.124 e. The SMILES string of the molecule is Cc1c[c]cc(C)c1/N=C/c1ccccc1O. The fraction of sp³-hybridized carbons (Fsp3) is 0.133. The lowest BCUT2D eigenvalue weighted by atomic mass is 10.1. The fourth-order valence-corrected chi connectivity index (χ4v) is 1.67. The first-order chi connectivity index (χ1) is 8.18. The molecule has 0 fully saturated rings. The average molecular weight is 224 g/mol. The number of hydrogen-bond acceptors (Lipinski definition) is 2. The fourth-order valence-electron chi connectivity index (χ4n) is 1.67. The molecule has 2 nitrogen and oxygen atoms in total. The van der Waals surface area contributed by atoms with Gasteiger partial charge in [0.25, 0.3) is 0 Å². The predicted octanol–water partition coefficient (Wildman–Crippen LogP) is 3.56. The number of phenols is 1. The quantitative estimate of drug-likeness (QED) is 0.777. The van der Waals surface area contributed by atoms with E-state index in [0.29, 0.717) is 0 Å². The second-order valence-corrected chi connectivity index (χ2v) is 3.99. The third-order valence-corrected chi connectivity index (χ3v) is 2.62. The van der Waals surface area contributed by atoms with Crippen LogP contribution in [-0.4, -0.2) is 11.3 Å². The number of para-hydroxylation sites is 1. The largest absolute Gasteiger partial charge is 0.507 e. The van der Waals surface area contributed by atoms with E-state index in [1.165, 1.54) is 0 Å². The summed E-state index contributed by atoms with van der Waals surface area (Å²) in [5.74, 6) is 0.244. The molecule has 0 atom stereocenters. The van der Waals surface area contributed by atoms with Gasteiger partial charge < -0.3 is 5.11 Å². The number of aromatic hydroxyl groups is 1. The standard InChI is InChI=1S/C15H14NO/c1-11-6-5-7-12(2)15(11)16-10-13-8-3-4-9-14(13)17/h3-4,6-10,17H,1-2H3/b16-10+. The minimum atomic E-state index is 0.244. The van der Waals surface area contributed by atoms with Crippen molar-refractivity contribution in [3.8, 4) is 5.75 Å². The summed E-state index contributed by atoms with van der Waals surface area (Å²) in [5.41, 5.74) is 3.82. The van der Waals surface area contributed by atoms with E-state index in [4.69, 9.17) is 0 Å². The third-order valence-electron chi connectivity index (χ3n) is 2.62. The molecule has 17 heavy (non-hydrogen) atoms. The second kappa shape index (κ2) is 4.83. The van der Waals surface area contributed by atoms with E-state index in [1.807, 2.05) is 38.1 Å². The lowest BCUT2D eigenvalue weighted by Gasteiger charge is -2.03. The van der Waals surface area contributed by atoms with E-state index in [2.05, 4.69) is 11.1 Å². The summed E-state index contributed by atoms with van der Waals surface area (Å²) in [6.07, 6.45) is 1.69. The molecule has 2 rings (SSSR count). The van der Waals surface area contributed by atoms with Crippen molar-refractivity contribution >= 4 is 11.9 Å². The lowest BCUT2D eigenvalue weighted by molar-refractivity contribution is 0.474. The first-order valence-electron chi connectivity index (χ1n) is 5.48. The monoisotopic (exact) mass is 224 g/mol. The molecule has 0 aromatic heterocycles. The summed E-state index contributed by atoms with van der Waals surface area (Å²) in [4.78, 5) is 4.43. The molecular weight excluding hydrogens is 210 g/mol. The van der Waals surface area contributed by atoms with Crippen LogP contribution in [0.2, 0.25) is 0 Å². The van der Waals surface area contributed by atoms with Gasteiger partial charge in [-0.3, -0.25) is 4.99 Å². The van der Waals surface area contributed by atoms with Crippen molar-refractivity contribution in [3.05, 3.63) is 59.2 Å². The van der Waals surface area contributed by atoms with Gasteiger partial charge in [-0.15, -0.1) is 0 Å². The molecule has 85 valence electrons. The van der Waals surface area contributed by atoms with Crippen molar-refractivity contribution in [2.24, 2.45) is 4.99 Å². The molecule has 0 amide bonds. The highest BCUT2D eigenvalue weighted by atomic mass is 16.3.